The summed E-state index contributed by atoms with van der Waals surface area (Å²) in [4.78, 5) is 26.0. The van der Waals surface area contributed by atoms with Gasteiger partial charge in [-0.15, -0.1) is 0 Å². The molecule has 6 rings (SSSR count). The van der Waals surface area contributed by atoms with Crippen LogP contribution in [0.2, 0.25) is 0 Å². The number of morpholine rings is 1. The summed E-state index contributed by atoms with van der Waals surface area (Å²) in [5.74, 6) is 1.59. The summed E-state index contributed by atoms with van der Waals surface area (Å²) in [7, 11) is 1.55. The number of para-hydroxylation sites is 1. The highest BCUT2D eigenvalue weighted by Crippen LogP contribution is 2.43. The normalized spacial score (nSPS) is 14.4. The third-order valence-corrected chi connectivity index (χ3v) is 6.61. The molecule has 0 bridgehead atoms. The molecular formula is C28H27N5O4. The molecule has 4 aromatic rings. The van der Waals surface area contributed by atoms with Crippen molar-refractivity contribution in [2.24, 2.45) is 0 Å². The van der Waals surface area contributed by atoms with Gasteiger partial charge in [0.05, 0.1) is 26.0 Å². The quantitative estimate of drug-likeness (QED) is 0.363. The average molecular weight is 498 g/mol. The topological polar surface area (TPSA) is 102 Å². The van der Waals surface area contributed by atoms with Gasteiger partial charge < -0.3 is 29.4 Å². The number of H-pyrrole nitrogens is 1. The van der Waals surface area contributed by atoms with Crippen LogP contribution in [0.1, 0.15) is 16.7 Å². The van der Waals surface area contributed by atoms with E-state index in [1.54, 1.807) is 25.6 Å². The van der Waals surface area contributed by atoms with Crippen LogP contribution in [0.15, 0.2) is 65.7 Å². The molecule has 9 heteroatoms. The van der Waals surface area contributed by atoms with Gasteiger partial charge in [0, 0.05) is 72.6 Å². The summed E-state index contributed by atoms with van der Waals surface area (Å²) in [5.41, 5.74) is 6.49. The molecule has 1 saturated heterocycles. The molecule has 0 atom stereocenters. The highest BCUT2D eigenvalue weighted by Gasteiger charge is 2.22. The Balaban J connectivity index is 1.24. The van der Waals surface area contributed by atoms with Crippen LogP contribution in [0.3, 0.4) is 0 Å². The first-order valence-corrected chi connectivity index (χ1v) is 12.3. The summed E-state index contributed by atoms with van der Waals surface area (Å²) in [6.07, 6.45) is 4.22. The van der Waals surface area contributed by atoms with Gasteiger partial charge in [-0.05, 0) is 35.9 Å². The summed E-state index contributed by atoms with van der Waals surface area (Å²) in [5, 5.41) is 3.42. The van der Waals surface area contributed by atoms with Crippen molar-refractivity contribution in [1.82, 2.24) is 15.0 Å². The van der Waals surface area contributed by atoms with Crippen LogP contribution in [-0.4, -0.2) is 48.4 Å². The van der Waals surface area contributed by atoms with Crippen molar-refractivity contribution < 1.29 is 14.2 Å². The lowest BCUT2D eigenvalue weighted by Gasteiger charge is -2.29. The second-order valence-electron chi connectivity index (χ2n) is 9.04. The lowest BCUT2D eigenvalue weighted by atomic mass is 9.96. The van der Waals surface area contributed by atoms with Crippen LogP contribution in [0, 0.1) is 0 Å². The van der Waals surface area contributed by atoms with Gasteiger partial charge in [-0.25, -0.2) is 9.97 Å². The van der Waals surface area contributed by atoms with Gasteiger partial charge in [-0.3, -0.25) is 4.79 Å². The minimum atomic E-state index is -0.134. The summed E-state index contributed by atoms with van der Waals surface area (Å²) in [6, 6.07) is 16.2. The highest BCUT2D eigenvalue weighted by atomic mass is 16.5. The molecule has 0 unspecified atom stereocenters. The third-order valence-electron chi connectivity index (χ3n) is 6.61. The van der Waals surface area contributed by atoms with E-state index >= 15 is 0 Å². The van der Waals surface area contributed by atoms with E-state index in [9.17, 15) is 4.79 Å². The molecule has 2 aliphatic heterocycles. The SMILES string of the molecule is COc1ncc(CNc2ccc3c(c2)Cc2cccc(-c4cc(N5CCOCC5)cc(=O)[nH]4)c2O3)cn1. The number of rotatable bonds is 6. The Bertz CT molecular complexity index is 1480. The zero-order chi connectivity index (χ0) is 25.2. The number of anilines is 2. The largest absolute Gasteiger partial charge is 0.467 e. The minimum absolute atomic E-state index is 0.134. The molecule has 37 heavy (non-hydrogen) atoms. The van der Waals surface area contributed by atoms with Crippen molar-refractivity contribution in [2.75, 3.05) is 43.6 Å². The fraction of sp³-hybridized carbons (Fsp3) is 0.250. The third kappa shape index (κ3) is 4.85. The number of benzene rings is 2. The summed E-state index contributed by atoms with van der Waals surface area (Å²) >= 11 is 0. The zero-order valence-corrected chi connectivity index (χ0v) is 20.5. The number of nitrogens with zero attached hydrogens (tertiary/aromatic N) is 3. The molecule has 2 aromatic carbocycles. The predicted molar refractivity (Wildman–Crippen MR) is 141 cm³/mol. The number of pyridine rings is 1. The minimum Gasteiger partial charge on any atom is -0.467 e. The number of nitrogens with one attached hydrogen (secondary N) is 2. The van der Waals surface area contributed by atoms with Gasteiger partial charge in [0.1, 0.15) is 11.5 Å². The highest BCUT2D eigenvalue weighted by molar-refractivity contribution is 5.74. The number of aromatic amines is 1. The molecular weight excluding hydrogens is 470 g/mol. The van der Waals surface area contributed by atoms with Crippen LogP contribution in [0.5, 0.6) is 17.5 Å². The van der Waals surface area contributed by atoms with Gasteiger partial charge in [0.2, 0.25) is 5.56 Å². The lowest BCUT2D eigenvalue weighted by Crippen LogP contribution is -2.36. The Kier molecular flexibility index (Phi) is 6.20. The van der Waals surface area contributed by atoms with Crippen LogP contribution >= 0.6 is 0 Å². The number of ether oxygens (including phenoxy) is 3. The van der Waals surface area contributed by atoms with Crippen LogP contribution in [0.25, 0.3) is 11.3 Å². The monoisotopic (exact) mass is 497 g/mol. The van der Waals surface area contributed by atoms with Crippen molar-refractivity contribution in [3.8, 4) is 28.8 Å². The van der Waals surface area contributed by atoms with Crippen molar-refractivity contribution in [1.29, 1.82) is 0 Å². The Morgan fingerprint density at radius 1 is 1.05 bits per heavy atom. The first-order valence-electron chi connectivity index (χ1n) is 12.3. The van der Waals surface area contributed by atoms with Crippen LogP contribution in [-0.2, 0) is 17.7 Å². The summed E-state index contributed by atoms with van der Waals surface area (Å²) in [6.45, 7) is 3.45. The van der Waals surface area contributed by atoms with Crippen LogP contribution in [0.4, 0.5) is 11.4 Å². The lowest BCUT2D eigenvalue weighted by molar-refractivity contribution is 0.122. The van der Waals surface area contributed by atoms with Crippen molar-refractivity contribution in [3.05, 3.63) is 88.0 Å². The Morgan fingerprint density at radius 3 is 2.70 bits per heavy atom. The van der Waals surface area contributed by atoms with E-state index in [0.717, 1.165) is 70.3 Å². The van der Waals surface area contributed by atoms with E-state index < -0.39 is 0 Å². The fourth-order valence-electron chi connectivity index (χ4n) is 4.72. The van der Waals surface area contributed by atoms with E-state index in [4.69, 9.17) is 14.2 Å². The van der Waals surface area contributed by atoms with Gasteiger partial charge in [0.25, 0.3) is 0 Å². The number of hydrogen-bond acceptors (Lipinski definition) is 8. The standard InChI is InChI=1S/C28H27N5O4/c1-35-28-30-16-18(17-31-28)15-29-21-5-6-25-20(12-21)11-19-3-2-4-23(27(19)37-25)24-13-22(14-26(34)32-24)33-7-9-36-10-8-33/h2-6,12-14,16-17,29H,7-11,15H2,1H3,(H,32,34). The van der Waals surface area contributed by atoms with E-state index in [1.165, 1.54) is 0 Å². The van der Waals surface area contributed by atoms with E-state index in [1.807, 2.05) is 30.3 Å². The molecule has 0 spiro atoms. The maximum Gasteiger partial charge on any atom is 0.316 e. The van der Waals surface area contributed by atoms with Gasteiger partial charge >= 0.3 is 6.01 Å². The van der Waals surface area contributed by atoms with Gasteiger partial charge in [-0.1, -0.05) is 12.1 Å². The number of hydrogen-bond donors (Lipinski definition) is 2. The summed E-state index contributed by atoms with van der Waals surface area (Å²) < 4.78 is 16.9. The Labute approximate surface area is 214 Å². The average Bonchev–Trinajstić information content (AvgIpc) is 2.95. The molecule has 0 saturated carbocycles. The van der Waals surface area contributed by atoms with Gasteiger partial charge in [-0.2, -0.15) is 0 Å². The molecule has 1 fully saturated rings. The molecule has 0 radical (unpaired) electrons. The number of aromatic nitrogens is 3. The maximum atomic E-state index is 12.6. The second kappa shape index (κ2) is 9.94. The molecule has 9 nitrogen and oxygen atoms in total. The predicted octanol–water partition coefficient (Wildman–Crippen LogP) is 3.99. The van der Waals surface area contributed by atoms with Gasteiger partial charge in [0.15, 0.2) is 0 Å². The molecule has 4 heterocycles. The first kappa shape index (κ1) is 23.1. The smallest absolute Gasteiger partial charge is 0.316 e. The Morgan fingerprint density at radius 2 is 1.89 bits per heavy atom. The van der Waals surface area contributed by atoms with Crippen molar-refractivity contribution in [3.63, 3.8) is 0 Å². The molecule has 0 aliphatic carbocycles. The first-order chi connectivity index (χ1) is 18.2. The molecule has 0 amide bonds. The van der Waals surface area contributed by atoms with Crippen molar-refractivity contribution in [2.45, 2.75) is 13.0 Å². The molecule has 2 aliphatic rings. The molecule has 188 valence electrons. The molecule has 2 N–H and O–H groups in total. The van der Waals surface area contributed by atoms with Crippen LogP contribution < -0.4 is 25.2 Å². The van der Waals surface area contributed by atoms with Crippen molar-refractivity contribution >= 4 is 11.4 Å². The van der Waals surface area contributed by atoms with E-state index in [-0.39, 0.29) is 5.56 Å². The second-order valence-corrected chi connectivity index (χ2v) is 9.04. The Hall–Kier alpha value is -4.37. The van der Waals surface area contributed by atoms with E-state index in [2.05, 4.69) is 37.3 Å². The zero-order valence-electron chi connectivity index (χ0n) is 20.5. The fourth-order valence-corrected chi connectivity index (χ4v) is 4.72. The van der Waals surface area contributed by atoms with E-state index in [0.29, 0.717) is 25.8 Å². The molecule has 2 aromatic heterocycles. The maximum absolute atomic E-state index is 12.6. The number of methoxy groups -OCH3 is 1. The number of fused-ring (bicyclic) bond motifs is 2.